The maximum atomic E-state index is 5.92. The normalized spacial score (nSPS) is 11.0. The molecule has 0 saturated carbocycles. The second-order valence-corrected chi connectivity index (χ2v) is 4.72. The summed E-state index contributed by atoms with van der Waals surface area (Å²) in [6.07, 6.45) is 0. The molecule has 0 atom stereocenters. The fourth-order valence-electron chi connectivity index (χ4n) is 1.02. The summed E-state index contributed by atoms with van der Waals surface area (Å²) in [7, 11) is 0. The summed E-state index contributed by atoms with van der Waals surface area (Å²) in [4.78, 5) is 3.63. The molecule has 13 heavy (non-hydrogen) atoms. The first kappa shape index (κ1) is 10.4. The molecular weight excluding hydrogens is 205 g/mol. The van der Waals surface area contributed by atoms with Gasteiger partial charge in [0.15, 0.2) is 0 Å². The summed E-state index contributed by atoms with van der Waals surface area (Å²) >= 11 is 11.8. The topological polar surface area (TPSA) is 4.36 Å². The number of benzene rings is 1. The molecule has 1 rings (SSSR count). The Balaban J connectivity index is 3.24. The summed E-state index contributed by atoms with van der Waals surface area (Å²) in [5.41, 5.74) is 2.51. The highest BCUT2D eigenvalue weighted by atomic mass is 35.5. The zero-order valence-electron chi connectivity index (χ0n) is 7.51. The van der Waals surface area contributed by atoms with Crippen molar-refractivity contribution in [2.24, 2.45) is 0 Å². The van der Waals surface area contributed by atoms with Gasteiger partial charge in [0, 0.05) is 11.6 Å². The lowest BCUT2D eigenvalue weighted by atomic mass is 10.1. The summed E-state index contributed by atoms with van der Waals surface area (Å²) < 4.78 is -0.896. The lowest BCUT2D eigenvalue weighted by Gasteiger charge is -2.12. The maximum absolute atomic E-state index is 5.92. The quantitative estimate of drug-likeness (QED) is 0.617. The molecule has 0 fully saturated rings. The molecule has 0 aliphatic carbocycles. The van der Waals surface area contributed by atoms with Crippen molar-refractivity contribution in [3.63, 3.8) is 0 Å². The van der Waals surface area contributed by atoms with E-state index < -0.39 is 4.33 Å². The van der Waals surface area contributed by atoms with Crippen molar-refractivity contribution in [1.29, 1.82) is 0 Å². The van der Waals surface area contributed by atoms with E-state index in [-0.39, 0.29) is 0 Å². The lowest BCUT2D eigenvalue weighted by Crippen LogP contribution is -2.02. The van der Waals surface area contributed by atoms with Crippen molar-refractivity contribution in [2.75, 3.05) is 0 Å². The van der Waals surface area contributed by atoms with Crippen LogP contribution in [0.5, 0.6) is 0 Å². The van der Waals surface area contributed by atoms with Crippen LogP contribution in [0.4, 0.5) is 5.69 Å². The molecule has 0 aromatic heterocycles. The Morgan fingerprint density at radius 3 is 2.46 bits per heavy atom. The van der Waals surface area contributed by atoms with E-state index in [0.29, 0.717) is 5.69 Å². The van der Waals surface area contributed by atoms with Gasteiger partial charge in [0.25, 0.3) is 6.57 Å². The molecular formula is C10H10Cl2N+. The fourth-order valence-corrected chi connectivity index (χ4v) is 1.26. The first-order valence-electron chi connectivity index (χ1n) is 3.85. The number of hydrogen-bond donors (Lipinski definition) is 0. The first-order valence-corrected chi connectivity index (χ1v) is 4.60. The van der Waals surface area contributed by atoms with Gasteiger partial charge < -0.3 is 0 Å². The van der Waals surface area contributed by atoms with Crippen LogP contribution in [0.1, 0.15) is 18.1 Å². The van der Waals surface area contributed by atoms with Gasteiger partial charge in [0.1, 0.15) is 4.33 Å². The zero-order chi connectivity index (χ0) is 10.1. The van der Waals surface area contributed by atoms with E-state index in [2.05, 4.69) is 4.85 Å². The molecule has 0 saturated heterocycles. The van der Waals surface area contributed by atoms with Gasteiger partial charge >= 0.3 is 5.69 Å². The van der Waals surface area contributed by atoms with Crippen LogP contribution in [-0.4, -0.2) is 0 Å². The minimum atomic E-state index is -0.896. The summed E-state index contributed by atoms with van der Waals surface area (Å²) in [6, 6.07) is 5.55. The Labute approximate surface area is 88.1 Å². The third kappa shape index (κ3) is 2.37. The van der Waals surface area contributed by atoms with Crippen molar-refractivity contribution in [1.82, 2.24) is 0 Å². The minimum Gasteiger partial charge on any atom is -0.0966 e. The minimum absolute atomic E-state index is 0.713. The molecule has 0 bridgehead atoms. The highest BCUT2D eigenvalue weighted by Crippen LogP contribution is 2.35. The predicted octanol–water partition coefficient (Wildman–Crippen LogP) is 4.24. The lowest BCUT2D eigenvalue weighted by molar-refractivity contribution is 0.977. The van der Waals surface area contributed by atoms with Gasteiger partial charge in [-0.05, 0) is 24.3 Å². The van der Waals surface area contributed by atoms with Crippen LogP contribution >= 0.6 is 23.2 Å². The predicted molar refractivity (Wildman–Crippen MR) is 58.2 cm³/mol. The van der Waals surface area contributed by atoms with Gasteiger partial charge in [-0.1, -0.05) is 35.3 Å². The number of alkyl halides is 2. The van der Waals surface area contributed by atoms with Gasteiger partial charge in [0.2, 0.25) is 0 Å². The van der Waals surface area contributed by atoms with Gasteiger partial charge in [-0.2, -0.15) is 0 Å². The monoisotopic (exact) mass is 214 g/mol. The van der Waals surface area contributed by atoms with Crippen molar-refractivity contribution in [2.45, 2.75) is 18.2 Å². The molecule has 3 heteroatoms. The van der Waals surface area contributed by atoms with E-state index in [1.807, 2.05) is 19.1 Å². The van der Waals surface area contributed by atoms with Crippen molar-refractivity contribution in [3.05, 3.63) is 34.2 Å². The highest BCUT2D eigenvalue weighted by Gasteiger charge is 2.22. The Kier molecular flexibility index (Phi) is 2.85. The van der Waals surface area contributed by atoms with Crippen LogP contribution < -0.4 is 0 Å². The third-order valence-corrected chi connectivity index (χ3v) is 2.29. The summed E-state index contributed by atoms with van der Waals surface area (Å²) in [6.45, 7) is 8.84. The molecule has 0 heterocycles. The summed E-state index contributed by atoms with van der Waals surface area (Å²) in [5, 5.41) is 0. The van der Waals surface area contributed by atoms with E-state index in [9.17, 15) is 0 Å². The molecule has 0 spiro atoms. The molecule has 1 aromatic rings. The molecule has 0 radical (unpaired) electrons. The largest absolute Gasteiger partial charge is 0.343 e. The average Bonchev–Trinajstić information content (AvgIpc) is 2.03. The second kappa shape index (κ2) is 3.57. The van der Waals surface area contributed by atoms with Gasteiger partial charge in [-0.25, -0.2) is 0 Å². The number of halogens is 2. The van der Waals surface area contributed by atoms with E-state index >= 15 is 0 Å². The van der Waals surface area contributed by atoms with E-state index in [1.54, 1.807) is 13.0 Å². The molecule has 0 N–H and O–H groups in total. The molecule has 1 nitrogen and oxygen atoms in total. The van der Waals surface area contributed by atoms with Crippen LogP contribution in [0.15, 0.2) is 18.2 Å². The average molecular weight is 215 g/mol. The first-order chi connectivity index (χ1) is 5.95. The molecule has 0 aliphatic heterocycles. The zero-order valence-corrected chi connectivity index (χ0v) is 9.02. The van der Waals surface area contributed by atoms with Crippen molar-refractivity contribution in [3.8, 4) is 6.57 Å². The second-order valence-electron chi connectivity index (χ2n) is 3.02. The fraction of sp³-hybridized carbons (Fsp3) is 0.300. The van der Waals surface area contributed by atoms with Crippen LogP contribution in [-0.2, 0) is 4.33 Å². The Bertz CT molecular complexity index is 358. The molecule has 68 valence electrons. The van der Waals surface area contributed by atoms with Gasteiger partial charge in [-0.3, -0.25) is 0 Å². The van der Waals surface area contributed by atoms with Crippen molar-refractivity contribution >= 4 is 28.9 Å². The SMILES string of the molecule is C#[N+]c1cc(C(C)(Cl)Cl)ccc1C. The number of aryl methyl sites for hydroxylation is 1. The highest BCUT2D eigenvalue weighted by molar-refractivity contribution is 6.47. The maximum Gasteiger partial charge on any atom is 0.343 e. The Hall–Kier alpha value is -0.710. The standard InChI is InChI=1S/C10H10Cl2N/c1-7-4-5-8(10(2,11)12)6-9(7)13-3/h3-6H,1-2H3/q+1. The van der Waals surface area contributed by atoms with Gasteiger partial charge in [0.05, 0.1) is 0 Å². The van der Waals surface area contributed by atoms with E-state index in [4.69, 9.17) is 29.8 Å². The summed E-state index contributed by atoms with van der Waals surface area (Å²) in [5.74, 6) is 0. The molecule has 0 amide bonds. The molecule has 0 unspecified atom stereocenters. The molecule has 1 aromatic carbocycles. The third-order valence-electron chi connectivity index (χ3n) is 1.86. The van der Waals surface area contributed by atoms with Crippen molar-refractivity contribution < 1.29 is 0 Å². The Morgan fingerprint density at radius 1 is 1.38 bits per heavy atom. The van der Waals surface area contributed by atoms with E-state index in [1.165, 1.54) is 0 Å². The van der Waals surface area contributed by atoms with E-state index in [0.717, 1.165) is 11.1 Å². The number of hydrogen-bond acceptors (Lipinski definition) is 0. The van der Waals surface area contributed by atoms with Crippen LogP contribution in [0.25, 0.3) is 4.85 Å². The smallest absolute Gasteiger partial charge is 0.0966 e. The molecule has 0 aliphatic rings. The van der Waals surface area contributed by atoms with Crippen LogP contribution in [0.3, 0.4) is 0 Å². The number of nitrogens with zero attached hydrogens (tertiary/aromatic N) is 1. The number of rotatable bonds is 1. The Morgan fingerprint density at radius 2 is 2.00 bits per heavy atom. The van der Waals surface area contributed by atoms with Crippen LogP contribution in [0.2, 0.25) is 0 Å². The van der Waals surface area contributed by atoms with Gasteiger partial charge in [-0.15, -0.1) is 0 Å². The van der Waals surface area contributed by atoms with Crippen LogP contribution in [0, 0.1) is 13.5 Å².